The number of hydrogen-bond donors (Lipinski definition) is 7. The van der Waals surface area contributed by atoms with Crippen LogP contribution < -0.4 is 56.7 Å². The fraction of sp³-hybridized carbons (Fsp3) is 0.414. The third kappa shape index (κ3) is 17.4. The van der Waals surface area contributed by atoms with Gasteiger partial charge in [-0.2, -0.15) is 9.97 Å². The van der Waals surface area contributed by atoms with Crippen LogP contribution >= 0.6 is 0 Å². The molecule has 0 saturated heterocycles. The molecule has 0 aliphatic rings. The van der Waals surface area contributed by atoms with Gasteiger partial charge in [-0.3, -0.25) is 33.1 Å². The highest BCUT2D eigenvalue weighted by atomic mass is 16.2. The van der Waals surface area contributed by atoms with Gasteiger partial charge in [-0.05, 0) is 136 Å². The number of anilines is 4. The molecule has 0 saturated carbocycles. The molecule has 30 nitrogen and oxygen atoms in total. The average Bonchev–Trinajstić information content (AvgIpc) is 2.01. The predicted octanol–water partition coefficient (Wildman–Crippen LogP) is 6.45. The van der Waals surface area contributed by atoms with Gasteiger partial charge in [0.2, 0.25) is 0 Å². The van der Waals surface area contributed by atoms with E-state index in [2.05, 4.69) is 111 Å². The average molecular weight is 1210 g/mol. The van der Waals surface area contributed by atoms with E-state index >= 15 is 0 Å². The number of H-pyrrole nitrogens is 3. The third-order valence-corrected chi connectivity index (χ3v) is 12.9. The molecule has 0 spiro atoms. The van der Waals surface area contributed by atoms with Crippen LogP contribution in [0.4, 0.5) is 23.3 Å². The lowest BCUT2D eigenvalue weighted by molar-refractivity contribution is 0.561. The van der Waals surface area contributed by atoms with E-state index in [4.69, 9.17) is 22.9 Å². The molecule has 30 heteroatoms. The Balaban J connectivity index is 0.000000187. The minimum Gasteiger partial charge on any atom is -0.383 e. The summed E-state index contributed by atoms with van der Waals surface area (Å²) in [7, 11) is 0. The van der Waals surface area contributed by atoms with Gasteiger partial charge in [0, 0.05) is 84.9 Å². The van der Waals surface area contributed by atoms with Crippen LogP contribution in [0.15, 0.2) is 109 Å². The van der Waals surface area contributed by atoms with Crippen molar-refractivity contribution in [2.24, 2.45) is 0 Å². The number of nitrogens with zero attached hydrogens (tertiary/aromatic N) is 17. The Morgan fingerprint density at radius 2 is 0.841 bits per heavy atom. The lowest BCUT2D eigenvalue weighted by atomic mass is 10.3. The lowest BCUT2D eigenvalue weighted by Crippen LogP contribution is -2.29. The second-order valence-electron chi connectivity index (χ2n) is 22.1. The second-order valence-corrected chi connectivity index (χ2v) is 22.1. The first-order valence-electron chi connectivity index (χ1n) is 28.3. The number of aromatic amines is 3. The number of aromatic nitrogens is 20. The molecule has 0 aliphatic heterocycles. The summed E-state index contributed by atoms with van der Waals surface area (Å²) < 4.78 is 12.5. The fourth-order valence-electron chi connectivity index (χ4n) is 8.24. The first-order chi connectivity index (χ1) is 41.3. The number of aryl methyl sites for hydroxylation is 3. The van der Waals surface area contributed by atoms with Gasteiger partial charge in [0.1, 0.15) is 58.6 Å². The molecule has 0 radical (unpaired) electrons. The molecule has 0 unspecified atom stereocenters. The highest BCUT2D eigenvalue weighted by Gasteiger charge is 2.13. The van der Waals surface area contributed by atoms with E-state index in [0.29, 0.717) is 69.3 Å². The van der Waals surface area contributed by atoms with E-state index in [-0.39, 0.29) is 63.7 Å². The zero-order valence-electron chi connectivity index (χ0n) is 52.9. The molecule has 0 atom stereocenters. The molecule has 0 aromatic carbocycles. The Morgan fingerprint density at radius 1 is 0.386 bits per heavy atom. The molecule has 88 heavy (non-hydrogen) atoms. The number of nitrogens with two attached hydrogens (primary N) is 4. The van der Waals surface area contributed by atoms with Crippen LogP contribution in [-0.2, 0) is 0 Å². The molecule has 0 aliphatic carbocycles. The van der Waals surface area contributed by atoms with Gasteiger partial charge in [-0.1, -0.05) is 0 Å². The normalized spacial score (nSPS) is 11.0. The summed E-state index contributed by atoms with van der Waals surface area (Å²) in [6.07, 6.45) is 15.1. The minimum atomic E-state index is -0.355. The lowest BCUT2D eigenvalue weighted by Gasteiger charge is -2.09. The molecule has 11 rings (SSSR count). The molecule has 11 aromatic heterocycles. The van der Waals surface area contributed by atoms with Gasteiger partial charge in [-0.25, -0.2) is 54.3 Å². The first-order valence-corrected chi connectivity index (χ1v) is 28.3. The van der Waals surface area contributed by atoms with Crippen molar-refractivity contribution in [3.8, 4) is 0 Å². The van der Waals surface area contributed by atoms with E-state index in [0.717, 1.165) is 27.9 Å². The molecule has 11 heterocycles. The van der Waals surface area contributed by atoms with Crippen molar-refractivity contribution in [2.45, 2.75) is 160 Å². The van der Waals surface area contributed by atoms with Gasteiger partial charge in [-0.15, -0.1) is 0 Å². The van der Waals surface area contributed by atoms with Crippen LogP contribution in [0.25, 0.3) is 44.4 Å². The Labute approximate surface area is 505 Å². The maximum absolute atomic E-state index is 11.5. The van der Waals surface area contributed by atoms with Crippen molar-refractivity contribution in [1.82, 2.24) is 96.8 Å². The number of fused-ring (bicyclic) bond motifs is 4. The van der Waals surface area contributed by atoms with Crippen LogP contribution in [0.1, 0.15) is 156 Å². The molecule has 0 amide bonds. The van der Waals surface area contributed by atoms with Crippen molar-refractivity contribution in [3.63, 3.8) is 0 Å². The Kier molecular flexibility index (Phi) is 23.4. The molecule has 11 aromatic rings. The van der Waals surface area contributed by atoms with Crippen LogP contribution in [-0.4, -0.2) is 96.8 Å². The molecule has 0 fully saturated rings. The Hall–Kier alpha value is -10.4. The second kappa shape index (κ2) is 30.1. The summed E-state index contributed by atoms with van der Waals surface area (Å²) >= 11 is 0. The van der Waals surface area contributed by atoms with Crippen LogP contribution in [0.2, 0.25) is 0 Å². The van der Waals surface area contributed by atoms with Crippen molar-refractivity contribution < 1.29 is 0 Å². The predicted molar refractivity (Wildman–Crippen MR) is 344 cm³/mol. The summed E-state index contributed by atoms with van der Waals surface area (Å²) in [5.41, 5.74) is 25.6. The van der Waals surface area contributed by atoms with Gasteiger partial charge in [0.15, 0.2) is 22.6 Å². The number of hydrogen-bond acceptors (Lipinski definition) is 20. The Morgan fingerprint density at radius 3 is 1.39 bits per heavy atom. The fourth-order valence-corrected chi connectivity index (χ4v) is 8.24. The molecule has 0 bridgehead atoms. The van der Waals surface area contributed by atoms with Gasteiger partial charge in [0.25, 0.3) is 16.7 Å². The van der Waals surface area contributed by atoms with Gasteiger partial charge >= 0.3 is 17.1 Å². The van der Waals surface area contributed by atoms with E-state index in [9.17, 15) is 28.8 Å². The maximum atomic E-state index is 11.5. The Bertz CT molecular complexity index is 4310. The van der Waals surface area contributed by atoms with Crippen LogP contribution in [0.5, 0.6) is 0 Å². The SMILES string of the molecule is CC(C)n1ccc(=O)[nH]c1=O.CC(C)n1ccc(N)nc1=O.CC(C)n1ccc2c(N)ncnc21.CC(C)n1cnc2c(N)ncnc21.Cc1cn(C(C)C)c(=O)nc1N.Cc1nc2c(ccn2C(C)C)c(=O)[nH]1.Cc1nc2c(ncn2C(C)C)c(=O)[nH]1. The van der Waals surface area contributed by atoms with Crippen LogP contribution in [0, 0.1) is 20.8 Å². The van der Waals surface area contributed by atoms with E-state index in [1.54, 1.807) is 55.6 Å². The monoisotopic (exact) mass is 1210 g/mol. The van der Waals surface area contributed by atoms with Gasteiger partial charge < -0.3 is 51.2 Å². The summed E-state index contributed by atoms with van der Waals surface area (Å²) in [6, 6.07) is 8.36. The van der Waals surface area contributed by atoms with Crippen molar-refractivity contribution in [1.29, 1.82) is 0 Å². The summed E-state index contributed by atoms with van der Waals surface area (Å²) in [4.78, 5) is 114. The number of imidazole rings is 2. The van der Waals surface area contributed by atoms with Crippen molar-refractivity contribution >= 4 is 67.7 Å². The minimum absolute atomic E-state index is 0.0631. The molecule has 470 valence electrons. The summed E-state index contributed by atoms with van der Waals surface area (Å²) in [6.45, 7) is 33.4. The number of nitrogen functional groups attached to an aromatic ring is 4. The third-order valence-electron chi connectivity index (χ3n) is 12.9. The number of rotatable bonds is 7. The van der Waals surface area contributed by atoms with Crippen molar-refractivity contribution in [2.75, 3.05) is 22.9 Å². The maximum Gasteiger partial charge on any atom is 0.349 e. The molecular weight excluding hydrogens is 1130 g/mol. The largest absolute Gasteiger partial charge is 0.383 e. The van der Waals surface area contributed by atoms with E-state index < -0.39 is 0 Å². The quantitative estimate of drug-likeness (QED) is 0.0901. The summed E-state index contributed by atoms with van der Waals surface area (Å²) in [5.74, 6) is 2.84. The van der Waals surface area contributed by atoms with E-state index in [1.807, 2.05) is 94.5 Å². The summed E-state index contributed by atoms with van der Waals surface area (Å²) in [5, 5.41) is 1.58. The van der Waals surface area contributed by atoms with Crippen LogP contribution in [0.3, 0.4) is 0 Å². The zero-order chi connectivity index (χ0) is 65.6. The highest BCUT2D eigenvalue weighted by Crippen LogP contribution is 2.21. The highest BCUT2D eigenvalue weighted by molar-refractivity contribution is 5.86. The first kappa shape index (κ1) is 68.4. The smallest absolute Gasteiger partial charge is 0.349 e. The van der Waals surface area contributed by atoms with Gasteiger partial charge in [0.05, 0.1) is 23.4 Å². The topological polar surface area (TPSA) is 417 Å². The zero-order valence-corrected chi connectivity index (χ0v) is 52.9. The molecular formula is C58H82N24O6. The molecule has 11 N–H and O–H groups in total. The standard InChI is InChI=1S/C10H13N3O.C9H12N4O.C9H12N4.C8H11N5.C8H13N3O.C7H11N3O.C7H10N2O2/c1-6(2)13-5-4-8-9(13)11-7(3)12-10(8)14;1-5(2)13-4-10-7-8(13)11-6(3)12-9(7)14;1-6(2)13-4-3-7-8(10)11-5-12-9(7)13;1-5(2)13-4-12-6-7(9)10-3-11-8(6)13;1-5(2)11-4-6(3)7(9)10-8(11)12;1-5(2)10-4-3-6(8)9-7(10)11;1-5(2)9-4-3-6(10)8-7(9)11/h4-6H,1-3H3,(H,11,12,14);4-5H,1-3H3,(H,11,12,14);3-6H,1-2H3,(H2,10,11,12);3-5H,1-2H3,(H2,9,10,11);4-5H,1-3H3,(H2,9,10,12);3-5H,1-2H3,(H2,8,9,11);3-5H,1-2H3,(H,8,10,11). The van der Waals surface area contributed by atoms with E-state index in [1.165, 1.54) is 34.1 Å². The van der Waals surface area contributed by atoms with Crippen molar-refractivity contribution in [3.05, 3.63) is 160 Å². The number of nitrogens with one attached hydrogen (secondary N) is 3.